The summed E-state index contributed by atoms with van der Waals surface area (Å²) >= 11 is 5.62. The van der Waals surface area contributed by atoms with Crippen molar-refractivity contribution in [3.05, 3.63) is 39.4 Å². The summed E-state index contributed by atoms with van der Waals surface area (Å²) in [4.78, 5) is 20.5. The van der Waals surface area contributed by atoms with Crippen LogP contribution in [-0.4, -0.2) is 11.4 Å². The van der Waals surface area contributed by atoms with Gasteiger partial charge in [0.1, 0.15) is 5.69 Å². The smallest absolute Gasteiger partial charge is 0.256 e. The number of nitrogens with zero attached hydrogens (tertiary/aromatic N) is 2. The van der Waals surface area contributed by atoms with E-state index >= 15 is 0 Å². The molecule has 0 aliphatic heterocycles. The molecule has 67 valence electrons. The predicted octanol–water partition coefficient (Wildman–Crippen LogP) is 1.41. The van der Waals surface area contributed by atoms with Crippen molar-refractivity contribution in [2.75, 3.05) is 5.01 Å². The molecule has 0 saturated heterocycles. The molecule has 0 fully saturated rings. The molecule has 1 rings (SSSR count). The molecule has 0 aliphatic carbocycles. The first kappa shape index (κ1) is 9.47. The van der Waals surface area contributed by atoms with Gasteiger partial charge in [0.05, 0.1) is 5.02 Å². The normalized spacial score (nSPS) is 9.31. The number of amides is 1. The number of hydrogen-bond donors (Lipinski definition) is 0. The number of hydrogen-bond acceptors (Lipinski definition) is 3. The van der Waals surface area contributed by atoms with Gasteiger partial charge in [-0.25, -0.2) is 10.1 Å². The highest BCUT2D eigenvalue weighted by molar-refractivity contribution is 6.33. The Morgan fingerprint density at radius 3 is 2.54 bits per heavy atom. The molecular formula is C7H4ClN2O3. The Kier molecular flexibility index (Phi) is 2.81. The standard InChI is InChI=1S/C7H4ClN2O3/c8-6-3-1-2-4-7(6)9(5-11)10(12)13/h1-4H. The van der Waals surface area contributed by atoms with E-state index < -0.39 is 5.03 Å². The van der Waals surface area contributed by atoms with Crippen molar-refractivity contribution in [1.82, 2.24) is 0 Å². The predicted molar refractivity (Wildman–Crippen MR) is 46.6 cm³/mol. The summed E-state index contributed by atoms with van der Waals surface area (Å²) in [6.45, 7) is 0. The van der Waals surface area contributed by atoms with E-state index in [2.05, 4.69) is 0 Å². The van der Waals surface area contributed by atoms with Gasteiger partial charge in [-0.05, 0) is 17.1 Å². The molecule has 0 heterocycles. The van der Waals surface area contributed by atoms with Crippen molar-refractivity contribution in [2.45, 2.75) is 0 Å². The number of nitro groups is 1. The van der Waals surface area contributed by atoms with E-state index in [1.165, 1.54) is 18.2 Å². The van der Waals surface area contributed by atoms with E-state index in [1.807, 2.05) is 0 Å². The highest BCUT2D eigenvalue weighted by Gasteiger charge is 2.19. The summed E-state index contributed by atoms with van der Waals surface area (Å²) in [5.74, 6) is 0. The minimum Gasteiger partial charge on any atom is -0.256 e. The molecule has 0 atom stereocenters. The summed E-state index contributed by atoms with van der Waals surface area (Å²) in [5, 5.41) is 9.72. The summed E-state index contributed by atoms with van der Waals surface area (Å²) in [5.41, 5.74) is 0.00386. The number of halogens is 1. The molecule has 0 bridgehead atoms. The quantitative estimate of drug-likeness (QED) is 0.420. The lowest BCUT2D eigenvalue weighted by Gasteiger charge is -2.05. The van der Waals surface area contributed by atoms with Gasteiger partial charge in [0.25, 0.3) is 0 Å². The van der Waals surface area contributed by atoms with Crippen molar-refractivity contribution in [2.24, 2.45) is 0 Å². The van der Waals surface area contributed by atoms with Gasteiger partial charge < -0.3 is 0 Å². The lowest BCUT2D eigenvalue weighted by Crippen LogP contribution is -2.27. The largest absolute Gasteiger partial charge is 0.383 e. The van der Waals surface area contributed by atoms with Gasteiger partial charge in [-0.1, -0.05) is 23.7 Å². The zero-order chi connectivity index (χ0) is 9.84. The number of carbonyl (C=O) groups excluding carboxylic acids is 1. The van der Waals surface area contributed by atoms with E-state index in [4.69, 9.17) is 11.6 Å². The first-order valence-corrected chi connectivity index (χ1v) is 3.61. The van der Waals surface area contributed by atoms with Crippen LogP contribution in [0.5, 0.6) is 0 Å². The van der Waals surface area contributed by atoms with Crippen LogP contribution in [0.15, 0.2) is 24.3 Å². The molecule has 1 aromatic rings. The molecule has 0 spiro atoms. The SMILES string of the molecule is O=[C]N(c1ccccc1Cl)[N+](=O)[O-]. The van der Waals surface area contributed by atoms with E-state index in [9.17, 15) is 14.9 Å². The summed E-state index contributed by atoms with van der Waals surface area (Å²) in [6.07, 6.45) is 1.16. The second-order valence-electron chi connectivity index (χ2n) is 2.09. The molecular weight excluding hydrogens is 196 g/mol. The Labute approximate surface area is 78.6 Å². The Morgan fingerprint density at radius 1 is 1.46 bits per heavy atom. The third-order valence-electron chi connectivity index (χ3n) is 1.33. The van der Waals surface area contributed by atoms with E-state index in [1.54, 1.807) is 6.07 Å². The maximum atomic E-state index is 10.3. The number of hydrazine groups is 1. The van der Waals surface area contributed by atoms with Gasteiger partial charge in [0.2, 0.25) is 0 Å². The Bertz CT molecular complexity index is 342. The minimum absolute atomic E-state index is 0.00386. The molecule has 1 radical (unpaired) electrons. The highest BCUT2D eigenvalue weighted by Crippen LogP contribution is 2.23. The van der Waals surface area contributed by atoms with Crippen molar-refractivity contribution >= 4 is 23.7 Å². The fourth-order valence-corrected chi connectivity index (χ4v) is 1.01. The van der Waals surface area contributed by atoms with E-state index in [0.717, 1.165) is 6.41 Å². The van der Waals surface area contributed by atoms with Crippen LogP contribution in [-0.2, 0) is 4.79 Å². The molecule has 0 unspecified atom stereocenters. The van der Waals surface area contributed by atoms with Crippen LogP contribution in [0.3, 0.4) is 0 Å². The minimum atomic E-state index is -0.895. The summed E-state index contributed by atoms with van der Waals surface area (Å²) in [6, 6.07) is 5.95. The van der Waals surface area contributed by atoms with E-state index in [0.29, 0.717) is 0 Å². The Balaban J connectivity index is 3.12. The Morgan fingerprint density at radius 2 is 2.08 bits per heavy atom. The van der Waals surface area contributed by atoms with Gasteiger partial charge in [-0.3, -0.25) is 4.79 Å². The molecule has 0 aromatic heterocycles. The maximum absolute atomic E-state index is 10.3. The zero-order valence-electron chi connectivity index (χ0n) is 6.31. The Hall–Kier alpha value is -1.62. The molecule has 5 nitrogen and oxygen atoms in total. The van der Waals surface area contributed by atoms with Gasteiger partial charge in [0.15, 0.2) is 5.03 Å². The topological polar surface area (TPSA) is 63.5 Å². The fraction of sp³-hybridized carbons (Fsp3) is 0. The lowest BCUT2D eigenvalue weighted by molar-refractivity contribution is -0.479. The van der Waals surface area contributed by atoms with Crippen LogP contribution in [0.2, 0.25) is 5.02 Å². The number of rotatable bonds is 3. The summed E-state index contributed by atoms with van der Waals surface area (Å²) < 4.78 is 0. The van der Waals surface area contributed by atoms with Crippen LogP contribution in [0.25, 0.3) is 0 Å². The van der Waals surface area contributed by atoms with Crippen LogP contribution in [0.4, 0.5) is 5.69 Å². The molecule has 1 amide bonds. The molecule has 13 heavy (non-hydrogen) atoms. The third-order valence-corrected chi connectivity index (χ3v) is 1.65. The third kappa shape index (κ3) is 1.94. The number of para-hydroxylation sites is 1. The lowest BCUT2D eigenvalue weighted by atomic mass is 10.3. The van der Waals surface area contributed by atoms with Crippen LogP contribution < -0.4 is 5.01 Å². The summed E-state index contributed by atoms with van der Waals surface area (Å²) in [7, 11) is 0. The highest BCUT2D eigenvalue weighted by atomic mass is 35.5. The molecule has 6 heteroatoms. The van der Waals surface area contributed by atoms with Crippen molar-refractivity contribution in [3.8, 4) is 0 Å². The van der Waals surface area contributed by atoms with Gasteiger partial charge in [-0.2, -0.15) is 0 Å². The molecule has 0 saturated carbocycles. The number of anilines is 1. The number of benzene rings is 1. The zero-order valence-corrected chi connectivity index (χ0v) is 7.06. The molecule has 1 aromatic carbocycles. The van der Waals surface area contributed by atoms with Gasteiger partial charge in [-0.15, -0.1) is 0 Å². The van der Waals surface area contributed by atoms with Crippen LogP contribution in [0.1, 0.15) is 0 Å². The van der Waals surface area contributed by atoms with Crippen molar-refractivity contribution in [1.29, 1.82) is 0 Å². The fourth-order valence-electron chi connectivity index (χ4n) is 0.794. The van der Waals surface area contributed by atoms with Crippen molar-refractivity contribution in [3.63, 3.8) is 0 Å². The second-order valence-corrected chi connectivity index (χ2v) is 2.50. The molecule has 0 N–H and O–H groups in total. The average molecular weight is 200 g/mol. The first-order chi connectivity index (χ1) is 6.16. The van der Waals surface area contributed by atoms with Gasteiger partial charge in [0, 0.05) is 0 Å². The first-order valence-electron chi connectivity index (χ1n) is 3.23. The monoisotopic (exact) mass is 199 g/mol. The van der Waals surface area contributed by atoms with Gasteiger partial charge >= 0.3 is 6.41 Å². The van der Waals surface area contributed by atoms with Crippen LogP contribution >= 0.6 is 11.6 Å². The van der Waals surface area contributed by atoms with Crippen molar-refractivity contribution < 1.29 is 9.83 Å². The van der Waals surface area contributed by atoms with Crippen LogP contribution in [0, 0.1) is 10.1 Å². The molecule has 0 aliphatic rings. The van der Waals surface area contributed by atoms with E-state index in [-0.39, 0.29) is 15.7 Å². The second kappa shape index (κ2) is 3.86. The average Bonchev–Trinajstić information content (AvgIpc) is 2.09. The maximum Gasteiger partial charge on any atom is 0.383 e.